The maximum absolute atomic E-state index is 2.48. The van der Waals surface area contributed by atoms with Gasteiger partial charge in [-0.1, -0.05) is 249 Å². The van der Waals surface area contributed by atoms with E-state index in [1.807, 2.05) is 0 Å². The van der Waals surface area contributed by atoms with Gasteiger partial charge in [-0.25, -0.2) is 0 Å². The number of allylic oxidation sites excluding steroid dienone is 3. The highest BCUT2D eigenvalue weighted by molar-refractivity contribution is 6.26. The van der Waals surface area contributed by atoms with Crippen LogP contribution in [0.3, 0.4) is 0 Å². The van der Waals surface area contributed by atoms with Gasteiger partial charge in [0.1, 0.15) is 0 Å². The van der Waals surface area contributed by atoms with Crippen LogP contribution in [-0.4, -0.2) is 0 Å². The van der Waals surface area contributed by atoms with Gasteiger partial charge in [0.25, 0.3) is 0 Å². The lowest BCUT2D eigenvalue weighted by Crippen LogP contribution is -2.09. The van der Waals surface area contributed by atoms with Crippen LogP contribution >= 0.6 is 0 Å². The summed E-state index contributed by atoms with van der Waals surface area (Å²) in [5, 5.41) is 2.75. The molecule has 4 aliphatic carbocycles. The highest BCUT2D eigenvalue weighted by Crippen LogP contribution is 2.63. The van der Waals surface area contributed by atoms with Crippen LogP contribution in [0.1, 0.15) is 28.2 Å². The lowest BCUT2D eigenvalue weighted by molar-refractivity contribution is 1.03. The van der Waals surface area contributed by atoms with Crippen LogP contribution in [0.4, 0.5) is 0 Å². The van der Waals surface area contributed by atoms with Crippen molar-refractivity contribution in [2.45, 2.75) is 5.92 Å². The van der Waals surface area contributed by atoms with Crippen molar-refractivity contribution >= 4 is 16.3 Å². The second-order valence-corrected chi connectivity index (χ2v) is 18.9. The average molecular weight is 871 g/mol. The third kappa shape index (κ3) is 5.46. The van der Waals surface area contributed by atoms with Gasteiger partial charge < -0.3 is 0 Å². The van der Waals surface area contributed by atoms with E-state index in [-0.39, 0.29) is 5.92 Å². The molecule has 0 N–H and O–H groups in total. The highest BCUT2D eigenvalue weighted by Gasteiger charge is 2.40. The molecule has 0 nitrogen and oxygen atoms in total. The largest absolute Gasteiger partial charge is 0.0726 e. The molecule has 4 aliphatic rings. The Morgan fingerprint density at radius 3 is 1.19 bits per heavy atom. The molecule has 0 spiro atoms. The van der Waals surface area contributed by atoms with Crippen LogP contribution < -0.4 is 0 Å². The van der Waals surface area contributed by atoms with Crippen molar-refractivity contribution in [3.63, 3.8) is 0 Å². The summed E-state index contributed by atoms with van der Waals surface area (Å²) in [6, 6.07) is 85.9. The molecule has 11 aromatic rings. The van der Waals surface area contributed by atoms with E-state index in [1.54, 1.807) is 0 Å². The van der Waals surface area contributed by atoms with E-state index in [4.69, 9.17) is 0 Å². The SMILES string of the molecule is C1=CC2c3c(ccc4c3C(=C1)c1c(-c3ccccc3)ccc(-c3ccccc3-c3ccccc3)c1-4)-c1ccc3c4c(ccc2c14)-c1c(-c2ccccc2)ccc(-c2ccccc2-c2ccccc2)c1-3. The topological polar surface area (TPSA) is 0 Å². The lowest BCUT2D eigenvalue weighted by atomic mass is 9.73. The summed E-state index contributed by atoms with van der Waals surface area (Å²) >= 11 is 0. The fourth-order valence-electron chi connectivity index (χ4n) is 12.7. The predicted molar refractivity (Wildman–Crippen MR) is 290 cm³/mol. The molecule has 0 saturated carbocycles. The average Bonchev–Trinajstić information content (AvgIpc) is 3.87. The third-order valence-corrected chi connectivity index (χ3v) is 15.5. The van der Waals surface area contributed by atoms with Gasteiger partial charge in [-0.15, -0.1) is 0 Å². The van der Waals surface area contributed by atoms with E-state index in [0.717, 1.165) is 0 Å². The Bertz CT molecular complexity index is 4020. The van der Waals surface area contributed by atoms with Crippen LogP contribution in [-0.2, 0) is 0 Å². The van der Waals surface area contributed by atoms with Crippen molar-refractivity contribution in [3.8, 4) is 111 Å². The number of benzene rings is 11. The van der Waals surface area contributed by atoms with Crippen LogP contribution in [0, 0.1) is 0 Å². The van der Waals surface area contributed by atoms with Gasteiger partial charge in [-0.3, -0.25) is 0 Å². The summed E-state index contributed by atoms with van der Waals surface area (Å²) in [6.45, 7) is 0. The Hall–Kier alpha value is -8.84. The Balaban J connectivity index is 0.983. The molecule has 0 bridgehead atoms. The molecule has 0 heteroatoms. The van der Waals surface area contributed by atoms with E-state index in [1.165, 1.54) is 150 Å². The quantitative estimate of drug-likeness (QED) is 0.156. The number of rotatable bonds is 6. The summed E-state index contributed by atoms with van der Waals surface area (Å²) in [6.07, 6.45) is 7.25. The van der Waals surface area contributed by atoms with Crippen molar-refractivity contribution in [1.29, 1.82) is 0 Å². The molecule has 11 aromatic carbocycles. The summed E-state index contributed by atoms with van der Waals surface area (Å²) in [7, 11) is 0. The minimum absolute atomic E-state index is 0.0747. The van der Waals surface area contributed by atoms with Crippen molar-refractivity contribution in [3.05, 3.63) is 271 Å². The number of hydrogen-bond acceptors (Lipinski definition) is 0. The predicted octanol–water partition coefficient (Wildman–Crippen LogP) is 18.6. The van der Waals surface area contributed by atoms with Gasteiger partial charge in [0, 0.05) is 5.92 Å². The van der Waals surface area contributed by atoms with Gasteiger partial charge in [-0.05, 0) is 150 Å². The van der Waals surface area contributed by atoms with E-state index in [2.05, 4.69) is 249 Å². The minimum Gasteiger partial charge on any atom is -0.0726 e. The van der Waals surface area contributed by atoms with Gasteiger partial charge >= 0.3 is 0 Å². The second-order valence-electron chi connectivity index (χ2n) is 18.9. The fraction of sp³-hybridized carbons (Fsp3) is 0.0145. The van der Waals surface area contributed by atoms with Crippen LogP contribution in [0.2, 0.25) is 0 Å². The highest BCUT2D eigenvalue weighted by atomic mass is 14.4. The smallest absolute Gasteiger partial charge is 0.0291 e. The van der Waals surface area contributed by atoms with Crippen molar-refractivity contribution in [2.24, 2.45) is 0 Å². The van der Waals surface area contributed by atoms with Crippen molar-refractivity contribution in [2.75, 3.05) is 0 Å². The summed E-state index contributed by atoms with van der Waals surface area (Å²) < 4.78 is 0. The molecular formula is C69H42. The zero-order chi connectivity index (χ0) is 45.2. The normalized spacial score (nSPS) is 14.0. The molecule has 1 unspecified atom stereocenters. The summed E-state index contributed by atoms with van der Waals surface area (Å²) in [4.78, 5) is 0. The molecule has 1 atom stereocenters. The number of fused-ring (bicyclic) bond motifs is 8. The van der Waals surface area contributed by atoms with E-state index in [9.17, 15) is 0 Å². The molecule has 15 rings (SSSR count). The Kier molecular flexibility index (Phi) is 8.23. The summed E-state index contributed by atoms with van der Waals surface area (Å²) in [5.41, 5.74) is 32.4. The Morgan fingerprint density at radius 1 is 0.232 bits per heavy atom. The number of hydrogen-bond donors (Lipinski definition) is 0. The van der Waals surface area contributed by atoms with Crippen LogP contribution in [0.5, 0.6) is 0 Å². The van der Waals surface area contributed by atoms with Crippen molar-refractivity contribution < 1.29 is 0 Å². The molecule has 0 aliphatic heterocycles. The first-order valence-electron chi connectivity index (χ1n) is 24.2. The molecule has 0 heterocycles. The van der Waals surface area contributed by atoms with Crippen LogP contribution in [0.25, 0.3) is 128 Å². The first-order chi connectivity index (χ1) is 34.3. The molecule has 0 saturated heterocycles. The molecular weight excluding hydrogens is 829 g/mol. The van der Waals surface area contributed by atoms with E-state index in [0.29, 0.717) is 0 Å². The van der Waals surface area contributed by atoms with E-state index < -0.39 is 0 Å². The van der Waals surface area contributed by atoms with E-state index >= 15 is 0 Å². The maximum Gasteiger partial charge on any atom is 0.0291 e. The zero-order valence-corrected chi connectivity index (χ0v) is 37.7. The first-order valence-corrected chi connectivity index (χ1v) is 24.2. The molecule has 318 valence electrons. The van der Waals surface area contributed by atoms with Gasteiger partial charge in [0.05, 0.1) is 0 Å². The van der Waals surface area contributed by atoms with Gasteiger partial charge in [0.15, 0.2) is 0 Å². The van der Waals surface area contributed by atoms with Gasteiger partial charge in [-0.2, -0.15) is 0 Å². The maximum atomic E-state index is 2.48. The second kappa shape index (κ2) is 14.8. The monoisotopic (exact) mass is 870 g/mol. The molecule has 0 amide bonds. The molecule has 69 heavy (non-hydrogen) atoms. The standard InChI is InChI=1S/C69H42/c1-5-18-42(19-6-1)46-26-13-15-28-50(46)53-34-32-48(44-22-9-3-10-23-44)62-58-31-17-30-52-55-36-39-59-63-49(45-24-11-4-12-25-45)33-35-54(51-29-16-14-27-47(51)43-20-7-2-8-21-43)67(63)61-41-38-57(65(55)69(59)61)56-37-40-60(66(53)62)68(58)64(52)56/h1-41,52H. The first kappa shape index (κ1) is 38.3. The summed E-state index contributed by atoms with van der Waals surface area (Å²) in [5.74, 6) is 0.0747. The van der Waals surface area contributed by atoms with Crippen LogP contribution in [0.15, 0.2) is 249 Å². The lowest BCUT2D eigenvalue weighted by Gasteiger charge is -2.29. The third-order valence-electron chi connectivity index (χ3n) is 15.5. The van der Waals surface area contributed by atoms with Crippen molar-refractivity contribution in [1.82, 2.24) is 0 Å². The molecule has 0 aromatic heterocycles. The molecule has 0 radical (unpaired) electrons. The zero-order valence-electron chi connectivity index (χ0n) is 37.7. The Morgan fingerprint density at radius 2 is 0.623 bits per heavy atom. The molecule has 0 fully saturated rings. The Labute approximate surface area is 402 Å². The minimum atomic E-state index is 0.0747. The van der Waals surface area contributed by atoms with Gasteiger partial charge in [0.2, 0.25) is 0 Å². The fourth-order valence-corrected chi connectivity index (χ4v) is 12.7.